The van der Waals surface area contributed by atoms with Crippen LogP contribution in [0.15, 0.2) is 24.3 Å². The second-order valence-corrected chi connectivity index (χ2v) is 7.35. The van der Waals surface area contributed by atoms with E-state index in [1.807, 2.05) is 13.8 Å². The first-order valence-electron chi connectivity index (χ1n) is 9.57. The Kier molecular flexibility index (Phi) is 6.71. The van der Waals surface area contributed by atoms with Crippen molar-refractivity contribution in [2.45, 2.75) is 26.1 Å². The number of carbonyl (C=O) groups is 1. The van der Waals surface area contributed by atoms with Gasteiger partial charge in [0.1, 0.15) is 5.82 Å². The molecule has 1 atom stereocenters. The van der Waals surface area contributed by atoms with E-state index in [2.05, 4.69) is 20.5 Å². The highest BCUT2D eigenvalue weighted by Crippen LogP contribution is 2.32. The monoisotopic (exact) mass is 429 g/mol. The van der Waals surface area contributed by atoms with Crippen molar-refractivity contribution in [3.63, 3.8) is 0 Å². The zero-order chi connectivity index (χ0) is 21.9. The number of amides is 1. The number of nitrogens with zero attached hydrogens (tertiary/aromatic N) is 4. The fourth-order valence-electron chi connectivity index (χ4n) is 3.45. The van der Waals surface area contributed by atoms with Crippen LogP contribution in [0.25, 0.3) is 5.69 Å². The molecule has 1 saturated heterocycles. The minimum Gasteiger partial charge on any atom is -0.379 e. The Labute approximate surface area is 171 Å². The van der Waals surface area contributed by atoms with Gasteiger partial charge in [0.15, 0.2) is 11.4 Å². The summed E-state index contributed by atoms with van der Waals surface area (Å²) in [5.74, 6) is -1.55. The third-order valence-corrected chi connectivity index (χ3v) is 4.96. The molecule has 0 bridgehead atoms. The third kappa shape index (κ3) is 4.96. The van der Waals surface area contributed by atoms with Crippen LogP contribution in [0, 0.1) is 11.7 Å². The summed E-state index contributed by atoms with van der Waals surface area (Å²) in [7, 11) is 0. The molecule has 1 amide bonds. The molecule has 2 heterocycles. The standard InChI is InChI=1S/C19H23F4N5O2/c1-12(2)15(27-6-8-30-9-7-27)11-24-18(29)16-17(19(21,22)23)28(26-25-16)14-5-3-4-13(20)10-14/h3-5,10,12,15H,6-9,11H2,1-2H3,(H,24,29). The average Bonchev–Trinajstić information content (AvgIpc) is 3.14. The molecule has 3 rings (SSSR count). The predicted molar refractivity (Wildman–Crippen MR) is 99.7 cm³/mol. The van der Waals surface area contributed by atoms with Crippen LogP contribution in [-0.2, 0) is 10.9 Å². The zero-order valence-electron chi connectivity index (χ0n) is 16.6. The van der Waals surface area contributed by atoms with Crippen molar-refractivity contribution >= 4 is 5.91 Å². The highest BCUT2D eigenvalue weighted by atomic mass is 19.4. The van der Waals surface area contributed by atoms with Crippen LogP contribution in [0.2, 0.25) is 0 Å². The van der Waals surface area contributed by atoms with Gasteiger partial charge in [0.2, 0.25) is 0 Å². The third-order valence-electron chi connectivity index (χ3n) is 4.96. The van der Waals surface area contributed by atoms with Gasteiger partial charge in [-0.2, -0.15) is 13.2 Å². The molecule has 0 spiro atoms. The molecule has 1 aromatic carbocycles. The Morgan fingerprint density at radius 3 is 2.57 bits per heavy atom. The number of hydrogen-bond acceptors (Lipinski definition) is 5. The fraction of sp³-hybridized carbons (Fsp3) is 0.526. The molecule has 11 heteroatoms. The summed E-state index contributed by atoms with van der Waals surface area (Å²) in [6.07, 6.45) is -4.91. The summed E-state index contributed by atoms with van der Waals surface area (Å²) in [5.41, 5.74) is -2.38. The molecule has 1 aliphatic rings. The first kappa shape index (κ1) is 22.2. The van der Waals surface area contributed by atoms with Gasteiger partial charge >= 0.3 is 6.18 Å². The van der Waals surface area contributed by atoms with E-state index in [9.17, 15) is 22.4 Å². The van der Waals surface area contributed by atoms with Crippen molar-refractivity contribution in [1.29, 1.82) is 0 Å². The number of nitrogens with one attached hydrogen (secondary N) is 1. The smallest absolute Gasteiger partial charge is 0.379 e. The molecule has 164 valence electrons. The van der Waals surface area contributed by atoms with Crippen molar-refractivity contribution in [2.24, 2.45) is 5.92 Å². The quantitative estimate of drug-likeness (QED) is 0.715. The summed E-state index contributed by atoms with van der Waals surface area (Å²) in [6.45, 7) is 6.61. The second-order valence-electron chi connectivity index (χ2n) is 7.35. The molecule has 1 fully saturated rings. The number of morpholine rings is 1. The predicted octanol–water partition coefficient (Wildman–Crippen LogP) is 2.51. The lowest BCUT2D eigenvalue weighted by Gasteiger charge is -2.36. The van der Waals surface area contributed by atoms with Crippen LogP contribution in [0.1, 0.15) is 30.0 Å². The Bertz CT molecular complexity index is 878. The summed E-state index contributed by atoms with van der Waals surface area (Å²) in [6, 6.07) is 4.42. The van der Waals surface area contributed by atoms with Crippen molar-refractivity contribution in [1.82, 2.24) is 25.2 Å². The largest absolute Gasteiger partial charge is 0.435 e. The summed E-state index contributed by atoms with van der Waals surface area (Å²) in [4.78, 5) is 14.7. The van der Waals surface area contributed by atoms with E-state index in [1.54, 1.807) is 0 Å². The molecule has 2 aromatic rings. The highest BCUT2D eigenvalue weighted by Gasteiger charge is 2.42. The number of carbonyl (C=O) groups excluding carboxylic acids is 1. The maximum atomic E-state index is 13.7. The minimum atomic E-state index is -4.91. The van der Waals surface area contributed by atoms with Crippen molar-refractivity contribution < 1.29 is 27.1 Å². The van der Waals surface area contributed by atoms with Gasteiger partial charge in [-0.15, -0.1) is 5.10 Å². The van der Waals surface area contributed by atoms with Gasteiger partial charge in [-0.3, -0.25) is 9.69 Å². The summed E-state index contributed by atoms with van der Waals surface area (Å²) in [5, 5.41) is 9.46. The fourth-order valence-corrected chi connectivity index (χ4v) is 3.45. The number of hydrogen-bond donors (Lipinski definition) is 1. The van der Waals surface area contributed by atoms with Crippen LogP contribution in [0.3, 0.4) is 0 Å². The molecule has 0 aliphatic carbocycles. The van der Waals surface area contributed by atoms with Gasteiger partial charge in [-0.1, -0.05) is 25.1 Å². The molecule has 30 heavy (non-hydrogen) atoms. The van der Waals surface area contributed by atoms with Gasteiger partial charge in [-0.25, -0.2) is 9.07 Å². The Morgan fingerprint density at radius 1 is 1.27 bits per heavy atom. The van der Waals surface area contributed by atoms with Crippen molar-refractivity contribution in [3.8, 4) is 5.69 Å². The van der Waals surface area contributed by atoms with Crippen LogP contribution in [0.5, 0.6) is 0 Å². The molecular weight excluding hydrogens is 406 g/mol. The van der Waals surface area contributed by atoms with Gasteiger partial charge in [0.05, 0.1) is 18.9 Å². The lowest BCUT2D eigenvalue weighted by molar-refractivity contribution is -0.143. The number of rotatable bonds is 6. The minimum absolute atomic E-state index is 0.0644. The first-order chi connectivity index (χ1) is 14.2. The number of aromatic nitrogens is 3. The summed E-state index contributed by atoms with van der Waals surface area (Å²) < 4.78 is 60.4. The highest BCUT2D eigenvalue weighted by molar-refractivity contribution is 5.93. The van der Waals surface area contributed by atoms with Crippen LogP contribution in [0.4, 0.5) is 17.6 Å². The van der Waals surface area contributed by atoms with E-state index >= 15 is 0 Å². The van der Waals surface area contributed by atoms with E-state index in [0.29, 0.717) is 31.0 Å². The number of alkyl halides is 3. The molecule has 7 nitrogen and oxygen atoms in total. The van der Waals surface area contributed by atoms with E-state index in [1.165, 1.54) is 12.1 Å². The number of halogens is 4. The SMILES string of the molecule is CC(C)C(CNC(=O)c1nnn(-c2cccc(F)c2)c1C(F)(F)F)N1CCOCC1. The van der Waals surface area contributed by atoms with Gasteiger partial charge in [-0.05, 0) is 24.1 Å². The zero-order valence-corrected chi connectivity index (χ0v) is 16.6. The molecule has 1 aliphatic heterocycles. The topological polar surface area (TPSA) is 72.3 Å². The Morgan fingerprint density at radius 2 is 1.97 bits per heavy atom. The Balaban J connectivity index is 1.83. The maximum Gasteiger partial charge on any atom is 0.435 e. The Hall–Kier alpha value is -2.53. The van der Waals surface area contributed by atoms with Crippen LogP contribution >= 0.6 is 0 Å². The van der Waals surface area contributed by atoms with Gasteiger partial charge in [0, 0.05) is 25.7 Å². The number of benzene rings is 1. The molecule has 1 unspecified atom stereocenters. The van der Waals surface area contributed by atoms with E-state index < -0.39 is 29.3 Å². The summed E-state index contributed by atoms with van der Waals surface area (Å²) >= 11 is 0. The van der Waals surface area contributed by atoms with Crippen LogP contribution in [-0.4, -0.2) is 64.7 Å². The average molecular weight is 429 g/mol. The maximum absolute atomic E-state index is 13.7. The number of ether oxygens (including phenoxy) is 1. The first-order valence-corrected chi connectivity index (χ1v) is 9.57. The van der Waals surface area contributed by atoms with Crippen molar-refractivity contribution in [3.05, 3.63) is 41.5 Å². The van der Waals surface area contributed by atoms with Crippen LogP contribution < -0.4 is 5.32 Å². The normalized spacial score (nSPS) is 16.6. The van der Waals surface area contributed by atoms with Crippen molar-refractivity contribution in [2.75, 3.05) is 32.8 Å². The van der Waals surface area contributed by atoms with E-state index in [-0.39, 0.29) is 24.2 Å². The van der Waals surface area contributed by atoms with E-state index in [4.69, 9.17) is 4.74 Å². The molecule has 1 N–H and O–H groups in total. The van der Waals surface area contributed by atoms with Gasteiger partial charge in [0.25, 0.3) is 5.91 Å². The molecule has 0 radical (unpaired) electrons. The lowest BCUT2D eigenvalue weighted by Crippen LogP contribution is -2.51. The van der Waals surface area contributed by atoms with E-state index in [0.717, 1.165) is 12.1 Å². The second kappa shape index (κ2) is 9.09. The lowest BCUT2D eigenvalue weighted by atomic mass is 10.0. The molecule has 1 aromatic heterocycles. The van der Waals surface area contributed by atoms with Gasteiger partial charge < -0.3 is 10.1 Å². The molecule has 0 saturated carbocycles. The molecular formula is C19H23F4N5O2.